The van der Waals surface area contributed by atoms with E-state index in [1.165, 1.54) is 0 Å². The summed E-state index contributed by atoms with van der Waals surface area (Å²) in [6.45, 7) is 0. The van der Waals surface area contributed by atoms with Gasteiger partial charge in [0.25, 0.3) is 5.91 Å². The van der Waals surface area contributed by atoms with Gasteiger partial charge in [0.15, 0.2) is 17.0 Å². The van der Waals surface area contributed by atoms with E-state index in [-0.39, 0.29) is 5.69 Å². The number of amides is 1. The van der Waals surface area contributed by atoms with Crippen molar-refractivity contribution in [2.24, 2.45) is 0 Å². The number of nitrogens with zero attached hydrogens (tertiary/aromatic N) is 1. The van der Waals surface area contributed by atoms with E-state index in [2.05, 4.69) is 15.5 Å². The number of carbonyl (C=O) groups excluding carboxylic acids is 1. The van der Waals surface area contributed by atoms with E-state index in [0.717, 1.165) is 5.56 Å². The largest absolute Gasteiger partial charge is 0.417 e. The number of nitrogens with one attached hydrogen (secondary N) is 2. The van der Waals surface area contributed by atoms with Gasteiger partial charge in [0.05, 0.1) is 5.52 Å². The van der Waals surface area contributed by atoms with Crippen molar-refractivity contribution >= 4 is 22.7 Å². The van der Waals surface area contributed by atoms with Crippen LogP contribution in [-0.2, 0) is 0 Å². The molecule has 1 amide bonds. The molecule has 2 aromatic heterocycles. The number of aromatic amines is 1. The van der Waals surface area contributed by atoms with Gasteiger partial charge in [-0.15, -0.1) is 0 Å². The van der Waals surface area contributed by atoms with Gasteiger partial charge in [0.2, 0.25) is 0 Å². The molecule has 24 heavy (non-hydrogen) atoms. The van der Waals surface area contributed by atoms with Crippen molar-refractivity contribution in [2.75, 3.05) is 5.32 Å². The molecular formula is C17H11N3O4. The second kappa shape index (κ2) is 5.54. The second-order valence-corrected chi connectivity index (χ2v) is 5.12. The van der Waals surface area contributed by atoms with Gasteiger partial charge >= 0.3 is 5.76 Å². The van der Waals surface area contributed by atoms with Crippen LogP contribution < -0.4 is 11.1 Å². The lowest BCUT2D eigenvalue weighted by atomic mass is 10.1. The Morgan fingerprint density at radius 1 is 1.08 bits per heavy atom. The third-order valence-corrected chi connectivity index (χ3v) is 3.48. The quantitative estimate of drug-likeness (QED) is 0.604. The molecule has 0 bridgehead atoms. The van der Waals surface area contributed by atoms with Crippen molar-refractivity contribution in [1.82, 2.24) is 10.1 Å². The molecule has 7 nitrogen and oxygen atoms in total. The maximum Gasteiger partial charge on any atom is 0.417 e. The molecule has 0 aliphatic carbocycles. The summed E-state index contributed by atoms with van der Waals surface area (Å²) >= 11 is 0. The van der Waals surface area contributed by atoms with Crippen LogP contribution in [0.5, 0.6) is 0 Å². The zero-order chi connectivity index (χ0) is 16.5. The van der Waals surface area contributed by atoms with Crippen molar-refractivity contribution in [3.05, 3.63) is 70.8 Å². The first-order chi connectivity index (χ1) is 11.7. The Hall–Kier alpha value is -3.61. The highest BCUT2D eigenvalue weighted by molar-refractivity contribution is 6.03. The summed E-state index contributed by atoms with van der Waals surface area (Å²) < 4.78 is 10.2. The molecule has 2 N–H and O–H groups in total. The summed E-state index contributed by atoms with van der Waals surface area (Å²) in [4.78, 5) is 25.9. The number of anilines is 1. The van der Waals surface area contributed by atoms with Gasteiger partial charge in [-0.1, -0.05) is 35.5 Å². The third-order valence-electron chi connectivity index (χ3n) is 3.48. The molecule has 7 heteroatoms. The SMILES string of the molecule is O=C(Nc1ccc2[nH]c(=O)oc2c1)c1cc(-c2ccccc2)on1. The Kier molecular flexibility index (Phi) is 3.24. The standard InChI is InChI=1S/C17H11N3O4/c21-16(13-9-14(24-20-13)10-4-2-1-3-5-10)18-11-6-7-12-15(8-11)23-17(22)19-12/h1-9H,(H,18,21)(H,19,22). The van der Waals surface area contributed by atoms with Crippen LogP contribution in [0.4, 0.5) is 5.69 Å². The Balaban J connectivity index is 1.57. The molecule has 0 unspecified atom stereocenters. The van der Waals surface area contributed by atoms with E-state index < -0.39 is 11.7 Å². The zero-order valence-corrected chi connectivity index (χ0v) is 12.3. The molecule has 0 spiro atoms. The van der Waals surface area contributed by atoms with E-state index in [4.69, 9.17) is 8.94 Å². The highest BCUT2D eigenvalue weighted by atomic mass is 16.5. The van der Waals surface area contributed by atoms with Crippen LogP contribution in [-0.4, -0.2) is 16.0 Å². The fraction of sp³-hybridized carbons (Fsp3) is 0. The molecule has 0 fully saturated rings. The van der Waals surface area contributed by atoms with Crippen molar-refractivity contribution in [3.8, 4) is 11.3 Å². The number of benzene rings is 2. The van der Waals surface area contributed by atoms with E-state index in [1.807, 2.05) is 30.3 Å². The molecule has 2 heterocycles. The summed E-state index contributed by atoms with van der Waals surface area (Å²) in [5.41, 5.74) is 2.40. The fourth-order valence-corrected chi connectivity index (χ4v) is 2.34. The number of rotatable bonds is 3. The molecule has 118 valence electrons. The molecule has 0 aliphatic rings. The van der Waals surface area contributed by atoms with Gasteiger partial charge in [-0.3, -0.25) is 9.78 Å². The molecule has 0 saturated carbocycles. The van der Waals surface area contributed by atoms with Gasteiger partial charge in [-0.25, -0.2) is 4.79 Å². The monoisotopic (exact) mass is 321 g/mol. The average Bonchev–Trinajstić information content (AvgIpc) is 3.21. The topological polar surface area (TPSA) is 101 Å². The highest BCUT2D eigenvalue weighted by Gasteiger charge is 2.14. The number of fused-ring (bicyclic) bond motifs is 1. The minimum atomic E-state index is -0.544. The van der Waals surface area contributed by atoms with Crippen LogP contribution in [0.25, 0.3) is 22.4 Å². The highest BCUT2D eigenvalue weighted by Crippen LogP contribution is 2.21. The Labute approximate surface area is 134 Å². The van der Waals surface area contributed by atoms with Gasteiger partial charge in [0, 0.05) is 23.4 Å². The summed E-state index contributed by atoms with van der Waals surface area (Å²) in [6.07, 6.45) is 0. The average molecular weight is 321 g/mol. The molecule has 4 rings (SSSR count). The molecule has 0 radical (unpaired) electrons. The van der Waals surface area contributed by atoms with Crippen LogP contribution in [0.1, 0.15) is 10.5 Å². The number of H-pyrrole nitrogens is 1. The minimum absolute atomic E-state index is 0.157. The maximum atomic E-state index is 12.3. The summed E-state index contributed by atoms with van der Waals surface area (Å²) in [6, 6.07) is 15.8. The predicted octanol–water partition coefficient (Wildman–Crippen LogP) is 3.03. The lowest BCUT2D eigenvalue weighted by Crippen LogP contribution is -2.11. The first kappa shape index (κ1) is 14.0. The van der Waals surface area contributed by atoms with Crippen molar-refractivity contribution < 1.29 is 13.7 Å². The Bertz CT molecular complexity index is 1080. The van der Waals surface area contributed by atoms with Gasteiger partial charge in [0.1, 0.15) is 0 Å². The molecule has 2 aromatic carbocycles. The van der Waals surface area contributed by atoms with Crippen molar-refractivity contribution in [2.45, 2.75) is 0 Å². The molecule has 0 saturated heterocycles. The molecule has 0 aliphatic heterocycles. The predicted molar refractivity (Wildman–Crippen MR) is 86.7 cm³/mol. The number of hydrogen-bond acceptors (Lipinski definition) is 5. The lowest BCUT2D eigenvalue weighted by Gasteiger charge is -2.01. The normalized spacial score (nSPS) is 10.8. The summed E-state index contributed by atoms with van der Waals surface area (Å²) in [5.74, 6) is -0.455. The Morgan fingerprint density at radius 3 is 2.75 bits per heavy atom. The summed E-state index contributed by atoms with van der Waals surface area (Å²) in [5, 5.41) is 6.48. The van der Waals surface area contributed by atoms with Crippen molar-refractivity contribution in [3.63, 3.8) is 0 Å². The number of oxazole rings is 1. The van der Waals surface area contributed by atoms with E-state index in [9.17, 15) is 9.59 Å². The second-order valence-electron chi connectivity index (χ2n) is 5.12. The lowest BCUT2D eigenvalue weighted by molar-refractivity contribution is 0.101. The van der Waals surface area contributed by atoms with Crippen LogP contribution >= 0.6 is 0 Å². The van der Waals surface area contributed by atoms with Crippen LogP contribution in [0.2, 0.25) is 0 Å². The maximum absolute atomic E-state index is 12.3. The van der Waals surface area contributed by atoms with E-state index in [1.54, 1.807) is 24.3 Å². The van der Waals surface area contributed by atoms with Gasteiger partial charge < -0.3 is 14.3 Å². The smallest absolute Gasteiger partial charge is 0.408 e. The van der Waals surface area contributed by atoms with Gasteiger partial charge in [-0.2, -0.15) is 0 Å². The van der Waals surface area contributed by atoms with E-state index in [0.29, 0.717) is 22.5 Å². The number of carbonyl (C=O) groups is 1. The van der Waals surface area contributed by atoms with Gasteiger partial charge in [-0.05, 0) is 12.1 Å². The Morgan fingerprint density at radius 2 is 1.92 bits per heavy atom. The minimum Gasteiger partial charge on any atom is -0.408 e. The van der Waals surface area contributed by atoms with E-state index >= 15 is 0 Å². The van der Waals surface area contributed by atoms with Crippen molar-refractivity contribution in [1.29, 1.82) is 0 Å². The van der Waals surface area contributed by atoms with Crippen LogP contribution in [0.15, 0.2) is 68.3 Å². The first-order valence-corrected chi connectivity index (χ1v) is 7.15. The third kappa shape index (κ3) is 2.58. The number of aromatic nitrogens is 2. The summed E-state index contributed by atoms with van der Waals surface area (Å²) in [7, 11) is 0. The molecule has 4 aromatic rings. The fourth-order valence-electron chi connectivity index (χ4n) is 2.34. The number of hydrogen-bond donors (Lipinski definition) is 2. The first-order valence-electron chi connectivity index (χ1n) is 7.15. The molecular weight excluding hydrogens is 310 g/mol. The van der Waals surface area contributed by atoms with Crippen LogP contribution in [0, 0.1) is 0 Å². The van der Waals surface area contributed by atoms with Crippen LogP contribution in [0.3, 0.4) is 0 Å². The zero-order valence-electron chi connectivity index (χ0n) is 12.3. The molecule has 0 atom stereocenters.